The maximum absolute atomic E-state index is 12.9. The number of carbonyl (C=O) groups is 1. The number of nitrogens with zero attached hydrogens (tertiary/aromatic N) is 2. The number of hydrogen-bond acceptors (Lipinski definition) is 3. The molecular formula is C19H18FN3O2. The summed E-state index contributed by atoms with van der Waals surface area (Å²) in [6, 6.07) is 9.80. The number of fused-ring (bicyclic) bond motifs is 1. The molecule has 1 N–H and O–H groups in total. The lowest BCUT2D eigenvalue weighted by Gasteiger charge is -2.17. The highest BCUT2D eigenvalue weighted by atomic mass is 19.1. The van der Waals surface area contributed by atoms with E-state index in [1.165, 1.54) is 12.1 Å². The van der Waals surface area contributed by atoms with Crippen molar-refractivity contribution in [3.63, 3.8) is 0 Å². The monoisotopic (exact) mass is 339 g/mol. The van der Waals surface area contributed by atoms with Crippen LogP contribution in [0.15, 0.2) is 48.8 Å². The van der Waals surface area contributed by atoms with Crippen LogP contribution in [0.5, 0.6) is 5.75 Å². The minimum Gasteiger partial charge on any atom is -0.489 e. The number of nitrogens with one attached hydrogen (secondary N) is 1. The second kappa shape index (κ2) is 6.55. The Kier molecular flexibility index (Phi) is 4.09. The number of benzene rings is 1. The lowest BCUT2D eigenvalue weighted by molar-refractivity contribution is -0.129. The third kappa shape index (κ3) is 3.33. The minimum absolute atomic E-state index is 0.0564. The average Bonchev–Trinajstić information content (AvgIpc) is 3.25. The third-order valence-electron chi connectivity index (χ3n) is 4.49. The van der Waals surface area contributed by atoms with Crippen LogP contribution in [0.1, 0.15) is 12.0 Å². The SMILES string of the molecule is O=C(Cc1c[nH]c2ncccc12)N1CC[C@H](Oc2ccc(F)cc2)C1. The van der Waals surface area contributed by atoms with E-state index in [0.29, 0.717) is 25.3 Å². The van der Waals surface area contributed by atoms with Gasteiger partial charge in [0.25, 0.3) is 0 Å². The highest BCUT2D eigenvalue weighted by molar-refractivity contribution is 5.87. The fourth-order valence-electron chi connectivity index (χ4n) is 3.19. The van der Waals surface area contributed by atoms with Crippen molar-refractivity contribution in [1.29, 1.82) is 0 Å². The van der Waals surface area contributed by atoms with Gasteiger partial charge in [-0.3, -0.25) is 4.79 Å². The number of hydrogen-bond donors (Lipinski definition) is 1. The molecule has 1 aliphatic rings. The normalized spacial score (nSPS) is 17.2. The summed E-state index contributed by atoms with van der Waals surface area (Å²) in [4.78, 5) is 21.7. The van der Waals surface area contributed by atoms with Crippen molar-refractivity contribution in [2.45, 2.75) is 18.9 Å². The smallest absolute Gasteiger partial charge is 0.227 e. The summed E-state index contributed by atoms with van der Waals surface area (Å²) in [5, 5.41) is 0.981. The molecule has 3 heterocycles. The van der Waals surface area contributed by atoms with E-state index in [4.69, 9.17) is 4.74 Å². The van der Waals surface area contributed by atoms with Crippen LogP contribution in [0, 0.1) is 5.82 Å². The molecule has 0 bridgehead atoms. The third-order valence-corrected chi connectivity index (χ3v) is 4.49. The predicted molar refractivity (Wildman–Crippen MR) is 91.8 cm³/mol. The Labute approximate surface area is 144 Å². The Bertz CT molecular complexity index is 891. The van der Waals surface area contributed by atoms with E-state index >= 15 is 0 Å². The quantitative estimate of drug-likeness (QED) is 0.795. The number of amides is 1. The number of aromatic nitrogens is 2. The summed E-state index contributed by atoms with van der Waals surface area (Å²) in [6.07, 6.45) is 4.63. The Morgan fingerprint density at radius 2 is 2.16 bits per heavy atom. The van der Waals surface area contributed by atoms with Crippen LogP contribution in [0.4, 0.5) is 4.39 Å². The number of rotatable bonds is 4. The number of halogens is 1. The van der Waals surface area contributed by atoms with Gasteiger partial charge in [-0.15, -0.1) is 0 Å². The van der Waals surface area contributed by atoms with Gasteiger partial charge in [-0.05, 0) is 42.0 Å². The first-order chi connectivity index (χ1) is 12.2. The standard InChI is InChI=1S/C19H18FN3O2/c20-14-3-5-15(6-4-14)25-16-7-9-23(12-16)18(24)10-13-11-22-19-17(13)2-1-8-21-19/h1-6,8,11,16H,7,9-10,12H2,(H,21,22)/t16-/m0/s1. The Morgan fingerprint density at radius 3 is 3.00 bits per heavy atom. The van der Waals surface area contributed by atoms with E-state index in [9.17, 15) is 9.18 Å². The highest BCUT2D eigenvalue weighted by Crippen LogP contribution is 2.21. The number of pyridine rings is 1. The predicted octanol–water partition coefficient (Wildman–Crippen LogP) is 2.92. The summed E-state index contributed by atoms with van der Waals surface area (Å²) in [5.74, 6) is 0.419. The van der Waals surface area contributed by atoms with Gasteiger partial charge in [-0.1, -0.05) is 0 Å². The zero-order valence-electron chi connectivity index (χ0n) is 13.6. The molecule has 25 heavy (non-hydrogen) atoms. The fourth-order valence-corrected chi connectivity index (χ4v) is 3.19. The van der Waals surface area contributed by atoms with Crippen molar-refractivity contribution in [3.05, 3.63) is 60.2 Å². The van der Waals surface area contributed by atoms with E-state index in [2.05, 4.69) is 9.97 Å². The van der Waals surface area contributed by atoms with Crippen molar-refractivity contribution < 1.29 is 13.9 Å². The Balaban J connectivity index is 1.38. The number of carbonyl (C=O) groups excluding carboxylic acids is 1. The molecule has 1 aromatic carbocycles. The molecule has 0 spiro atoms. The molecular weight excluding hydrogens is 321 g/mol. The lowest BCUT2D eigenvalue weighted by atomic mass is 10.1. The van der Waals surface area contributed by atoms with Gasteiger partial charge in [0.1, 0.15) is 23.3 Å². The van der Waals surface area contributed by atoms with Crippen LogP contribution < -0.4 is 4.74 Å². The number of aromatic amines is 1. The van der Waals surface area contributed by atoms with Gasteiger partial charge in [0.2, 0.25) is 5.91 Å². The fraction of sp³-hybridized carbons (Fsp3) is 0.263. The van der Waals surface area contributed by atoms with Crippen LogP contribution in [0.2, 0.25) is 0 Å². The lowest BCUT2D eigenvalue weighted by Crippen LogP contribution is -2.32. The van der Waals surface area contributed by atoms with Crippen LogP contribution >= 0.6 is 0 Å². The van der Waals surface area contributed by atoms with Crippen molar-refractivity contribution >= 4 is 16.9 Å². The zero-order chi connectivity index (χ0) is 17.2. The van der Waals surface area contributed by atoms with Crippen molar-refractivity contribution in [2.75, 3.05) is 13.1 Å². The van der Waals surface area contributed by atoms with Crippen molar-refractivity contribution in [2.24, 2.45) is 0 Å². The summed E-state index contributed by atoms with van der Waals surface area (Å²) in [6.45, 7) is 1.22. The second-order valence-electron chi connectivity index (χ2n) is 6.21. The molecule has 2 aromatic heterocycles. The first kappa shape index (κ1) is 15.6. The molecule has 1 saturated heterocycles. The van der Waals surface area contributed by atoms with E-state index in [-0.39, 0.29) is 17.8 Å². The zero-order valence-corrected chi connectivity index (χ0v) is 13.6. The van der Waals surface area contributed by atoms with E-state index in [0.717, 1.165) is 23.0 Å². The van der Waals surface area contributed by atoms with E-state index in [1.807, 2.05) is 23.2 Å². The molecule has 0 saturated carbocycles. The molecule has 3 aromatic rings. The summed E-state index contributed by atoms with van der Waals surface area (Å²) < 4.78 is 18.8. The molecule has 5 nitrogen and oxygen atoms in total. The number of ether oxygens (including phenoxy) is 1. The van der Waals surface area contributed by atoms with Gasteiger partial charge in [-0.25, -0.2) is 9.37 Å². The highest BCUT2D eigenvalue weighted by Gasteiger charge is 2.28. The van der Waals surface area contributed by atoms with E-state index < -0.39 is 0 Å². The molecule has 1 atom stereocenters. The van der Waals surface area contributed by atoms with Crippen molar-refractivity contribution in [3.8, 4) is 5.75 Å². The summed E-state index contributed by atoms with van der Waals surface area (Å²) in [7, 11) is 0. The molecule has 128 valence electrons. The van der Waals surface area contributed by atoms with Gasteiger partial charge in [0.05, 0.1) is 13.0 Å². The maximum Gasteiger partial charge on any atom is 0.227 e. The molecule has 4 rings (SSSR count). The molecule has 1 aliphatic heterocycles. The summed E-state index contributed by atoms with van der Waals surface area (Å²) >= 11 is 0. The Hall–Kier alpha value is -2.89. The van der Waals surface area contributed by atoms with Gasteiger partial charge in [0.15, 0.2) is 0 Å². The molecule has 0 radical (unpaired) electrons. The Morgan fingerprint density at radius 1 is 1.32 bits per heavy atom. The van der Waals surface area contributed by atoms with Crippen LogP contribution in [-0.4, -0.2) is 40.0 Å². The van der Waals surface area contributed by atoms with Gasteiger partial charge in [-0.2, -0.15) is 0 Å². The molecule has 1 amide bonds. The first-order valence-electron chi connectivity index (χ1n) is 8.30. The van der Waals surface area contributed by atoms with Crippen LogP contribution in [0.3, 0.4) is 0 Å². The molecule has 0 aliphatic carbocycles. The van der Waals surface area contributed by atoms with Gasteiger partial charge >= 0.3 is 0 Å². The van der Waals surface area contributed by atoms with Gasteiger partial charge < -0.3 is 14.6 Å². The number of likely N-dealkylation sites (tertiary alicyclic amines) is 1. The molecule has 0 unspecified atom stereocenters. The van der Waals surface area contributed by atoms with Crippen molar-refractivity contribution in [1.82, 2.24) is 14.9 Å². The average molecular weight is 339 g/mol. The molecule has 1 fully saturated rings. The summed E-state index contributed by atoms with van der Waals surface area (Å²) in [5.41, 5.74) is 1.75. The van der Waals surface area contributed by atoms with E-state index in [1.54, 1.807) is 18.3 Å². The van der Waals surface area contributed by atoms with Gasteiger partial charge in [0, 0.05) is 30.7 Å². The maximum atomic E-state index is 12.9. The first-order valence-corrected chi connectivity index (χ1v) is 8.30. The minimum atomic E-state index is -0.288. The van der Waals surface area contributed by atoms with Crippen LogP contribution in [-0.2, 0) is 11.2 Å². The van der Waals surface area contributed by atoms with Crippen LogP contribution in [0.25, 0.3) is 11.0 Å². The molecule has 6 heteroatoms. The topological polar surface area (TPSA) is 58.2 Å². The number of H-pyrrole nitrogens is 1. The second-order valence-corrected chi connectivity index (χ2v) is 6.21. The largest absolute Gasteiger partial charge is 0.489 e.